The van der Waals surface area contributed by atoms with Gasteiger partial charge in [0, 0.05) is 17.1 Å². The summed E-state index contributed by atoms with van der Waals surface area (Å²) < 4.78 is 1.68. The predicted molar refractivity (Wildman–Crippen MR) is 99.2 cm³/mol. The minimum Gasteiger partial charge on any atom is -0.349 e. The highest BCUT2D eigenvalue weighted by Crippen LogP contribution is 2.25. The molecule has 0 radical (unpaired) electrons. The number of hydrogen-bond donors (Lipinski definition) is 1. The summed E-state index contributed by atoms with van der Waals surface area (Å²) in [6.45, 7) is 4.56. The van der Waals surface area contributed by atoms with E-state index in [-0.39, 0.29) is 11.7 Å². The number of carbonyl (C=O) groups excluding carboxylic acids is 1. The van der Waals surface area contributed by atoms with Gasteiger partial charge in [-0.1, -0.05) is 54.9 Å². The van der Waals surface area contributed by atoms with Gasteiger partial charge < -0.3 is 5.32 Å². The lowest BCUT2D eigenvalue weighted by atomic mass is 10.2. The van der Waals surface area contributed by atoms with E-state index in [4.69, 9.17) is 11.6 Å². The molecular weight excluding hydrogens is 336 g/mol. The Morgan fingerprint density at radius 3 is 2.68 bits per heavy atom. The standard InChI is InChI=1S/C19H19ClN4O/c1-3-11-21-19(25)17-22-18(14-7-5-4-6-8-14)24(23-17)16-12-15(20)10-9-13(16)2/h4-10,12H,3,11H2,1-2H3,(H,21,25). The molecule has 1 heterocycles. The lowest BCUT2D eigenvalue weighted by molar-refractivity contribution is 0.0943. The van der Waals surface area contributed by atoms with Crippen LogP contribution in [0.4, 0.5) is 0 Å². The smallest absolute Gasteiger partial charge is 0.290 e. The molecule has 1 amide bonds. The van der Waals surface area contributed by atoms with E-state index in [2.05, 4.69) is 15.4 Å². The summed E-state index contributed by atoms with van der Waals surface area (Å²) in [5.41, 5.74) is 2.67. The second-order valence-corrected chi connectivity index (χ2v) is 6.16. The van der Waals surface area contributed by atoms with Gasteiger partial charge in [-0.3, -0.25) is 4.79 Å². The predicted octanol–water partition coefficient (Wildman–Crippen LogP) is 4.04. The number of hydrogen-bond acceptors (Lipinski definition) is 3. The van der Waals surface area contributed by atoms with Crippen LogP contribution < -0.4 is 5.32 Å². The number of aromatic nitrogens is 3. The summed E-state index contributed by atoms with van der Waals surface area (Å²) in [5.74, 6) is 0.469. The highest BCUT2D eigenvalue weighted by molar-refractivity contribution is 6.30. The van der Waals surface area contributed by atoms with Crippen molar-refractivity contribution in [3.63, 3.8) is 0 Å². The number of benzene rings is 2. The minimum atomic E-state index is -0.280. The molecule has 2 aromatic carbocycles. The third-order valence-corrected chi connectivity index (χ3v) is 4.01. The number of amides is 1. The molecule has 6 heteroatoms. The van der Waals surface area contributed by atoms with Crippen molar-refractivity contribution in [1.29, 1.82) is 0 Å². The van der Waals surface area contributed by atoms with Gasteiger partial charge >= 0.3 is 0 Å². The molecule has 25 heavy (non-hydrogen) atoms. The third kappa shape index (κ3) is 3.72. The molecule has 0 aliphatic carbocycles. The van der Waals surface area contributed by atoms with Crippen molar-refractivity contribution in [1.82, 2.24) is 20.1 Å². The van der Waals surface area contributed by atoms with Crippen LogP contribution >= 0.6 is 11.6 Å². The Balaban J connectivity index is 2.14. The Labute approximate surface area is 151 Å². The molecule has 0 saturated heterocycles. The molecule has 128 valence electrons. The van der Waals surface area contributed by atoms with Gasteiger partial charge in [0.15, 0.2) is 5.82 Å². The molecule has 0 fully saturated rings. The topological polar surface area (TPSA) is 59.8 Å². The van der Waals surface area contributed by atoms with Crippen LogP contribution in [-0.2, 0) is 0 Å². The van der Waals surface area contributed by atoms with E-state index >= 15 is 0 Å². The summed E-state index contributed by atoms with van der Waals surface area (Å²) in [5, 5.41) is 7.87. The molecule has 0 aliphatic rings. The lowest BCUT2D eigenvalue weighted by Gasteiger charge is -2.09. The molecule has 0 atom stereocenters. The normalized spacial score (nSPS) is 10.7. The number of rotatable bonds is 5. The first kappa shape index (κ1) is 17.2. The zero-order valence-corrected chi connectivity index (χ0v) is 14.9. The Morgan fingerprint density at radius 1 is 1.20 bits per heavy atom. The monoisotopic (exact) mass is 354 g/mol. The SMILES string of the molecule is CCCNC(=O)c1nc(-c2ccccc2)n(-c2cc(Cl)ccc2C)n1. The second-order valence-electron chi connectivity index (χ2n) is 5.72. The Bertz CT molecular complexity index is 890. The summed E-state index contributed by atoms with van der Waals surface area (Å²) in [7, 11) is 0. The molecule has 1 aromatic heterocycles. The minimum absolute atomic E-state index is 0.145. The molecule has 0 spiro atoms. The van der Waals surface area contributed by atoms with E-state index in [0.717, 1.165) is 23.2 Å². The quantitative estimate of drug-likeness (QED) is 0.752. The van der Waals surface area contributed by atoms with Crippen molar-refractivity contribution in [2.75, 3.05) is 6.54 Å². The van der Waals surface area contributed by atoms with Gasteiger partial charge in [0.05, 0.1) is 5.69 Å². The zero-order chi connectivity index (χ0) is 17.8. The fraction of sp³-hybridized carbons (Fsp3) is 0.211. The molecule has 0 bridgehead atoms. The number of nitrogens with zero attached hydrogens (tertiary/aromatic N) is 3. The van der Waals surface area contributed by atoms with Crippen LogP contribution in [0, 0.1) is 6.92 Å². The largest absolute Gasteiger partial charge is 0.349 e. The van der Waals surface area contributed by atoms with Crippen molar-refractivity contribution in [2.24, 2.45) is 0 Å². The van der Waals surface area contributed by atoms with E-state index in [0.29, 0.717) is 17.4 Å². The number of nitrogens with one attached hydrogen (secondary N) is 1. The number of aryl methyl sites for hydroxylation is 1. The Kier molecular flexibility index (Phi) is 5.14. The summed E-state index contributed by atoms with van der Waals surface area (Å²) in [4.78, 5) is 16.8. The maximum atomic E-state index is 12.3. The van der Waals surface area contributed by atoms with Gasteiger partial charge in [0.2, 0.25) is 5.82 Å². The number of halogens is 1. The third-order valence-electron chi connectivity index (χ3n) is 3.78. The maximum absolute atomic E-state index is 12.3. The van der Waals surface area contributed by atoms with E-state index in [1.807, 2.05) is 62.4 Å². The average molecular weight is 355 g/mol. The molecule has 3 aromatic rings. The highest BCUT2D eigenvalue weighted by atomic mass is 35.5. The maximum Gasteiger partial charge on any atom is 0.290 e. The van der Waals surface area contributed by atoms with Crippen molar-refractivity contribution in [3.8, 4) is 17.1 Å². The van der Waals surface area contributed by atoms with Crippen molar-refractivity contribution in [3.05, 3.63) is 64.9 Å². The fourth-order valence-electron chi connectivity index (χ4n) is 2.48. The zero-order valence-electron chi connectivity index (χ0n) is 14.2. The van der Waals surface area contributed by atoms with Gasteiger partial charge in [0.25, 0.3) is 5.91 Å². The second kappa shape index (κ2) is 7.49. The molecule has 1 N–H and O–H groups in total. The van der Waals surface area contributed by atoms with Crippen LogP contribution in [0.2, 0.25) is 5.02 Å². The van der Waals surface area contributed by atoms with Crippen LogP contribution in [0.5, 0.6) is 0 Å². The van der Waals surface area contributed by atoms with Crippen molar-refractivity contribution < 1.29 is 4.79 Å². The van der Waals surface area contributed by atoms with Gasteiger partial charge in [-0.25, -0.2) is 9.67 Å². The molecule has 0 saturated carbocycles. The summed E-state index contributed by atoms with van der Waals surface area (Å²) in [6.07, 6.45) is 0.853. The van der Waals surface area contributed by atoms with Gasteiger partial charge in [-0.15, -0.1) is 5.10 Å². The van der Waals surface area contributed by atoms with Crippen LogP contribution in [0.3, 0.4) is 0 Å². The molecular formula is C19H19ClN4O. The Hall–Kier alpha value is -2.66. The lowest BCUT2D eigenvalue weighted by Crippen LogP contribution is -2.25. The molecule has 0 aliphatic heterocycles. The molecule has 5 nitrogen and oxygen atoms in total. The first-order valence-electron chi connectivity index (χ1n) is 8.17. The summed E-state index contributed by atoms with van der Waals surface area (Å²) >= 11 is 6.16. The van der Waals surface area contributed by atoms with Crippen LogP contribution in [0.15, 0.2) is 48.5 Å². The van der Waals surface area contributed by atoms with Crippen LogP contribution in [0.25, 0.3) is 17.1 Å². The van der Waals surface area contributed by atoms with E-state index < -0.39 is 0 Å². The van der Waals surface area contributed by atoms with Crippen molar-refractivity contribution in [2.45, 2.75) is 20.3 Å². The van der Waals surface area contributed by atoms with Crippen LogP contribution in [0.1, 0.15) is 29.5 Å². The van der Waals surface area contributed by atoms with Crippen LogP contribution in [-0.4, -0.2) is 27.2 Å². The fourth-order valence-corrected chi connectivity index (χ4v) is 2.64. The summed E-state index contributed by atoms with van der Waals surface area (Å²) in [6, 6.07) is 15.2. The van der Waals surface area contributed by atoms with Gasteiger partial charge in [0.1, 0.15) is 0 Å². The van der Waals surface area contributed by atoms with E-state index in [9.17, 15) is 4.79 Å². The first-order valence-corrected chi connectivity index (χ1v) is 8.55. The van der Waals surface area contributed by atoms with Crippen molar-refractivity contribution >= 4 is 17.5 Å². The molecule has 0 unspecified atom stereocenters. The Morgan fingerprint density at radius 2 is 1.96 bits per heavy atom. The highest BCUT2D eigenvalue weighted by Gasteiger charge is 2.19. The van der Waals surface area contributed by atoms with E-state index in [1.54, 1.807) is 4.68 Å². The molecule has 3 rings (SSSR count). The van der Waals surface area contributed by atoms with E-state index in [1.165, 1.54) is 0 Å². The first-order chi connectivity index (χ1) is 12.1. The average Bonchev–Trinajstić information content (AvgIpc) is 3.07. The number of carbonyl (C=O) groups is 1. The van der Waals surface area contributed by atoms with Gasteiger partial charge in [-0.2, -0.15) is 0 Å². The van der Waals surface area contributed by atoms with Gasteiger partial charge in [-0.05, 0) is 31.0 Å².